The van der Waals surface area contributed by atoms with Crippen LogP contribution < -0.4 is 21.3 Å². The average molecular weight is 513 g/mol. The van der Waals surface area contributed by atoms with Crippen molar-refractivity contribution in [3.05, 3.63) is 70.3 Å². The Balaban J connectivity index is 1.43. The number of benzene rings is 1. The lowest BCUT2D eigenvalue weighted by Crippen LogP contribution is -2.41. The van der Waals surface area contributed by atoms with Crippen LogP contribution in [-0.2, 0) is 17.9 Å². The van der Waals surface area contributed by atoms with Gasteiger partial charge in [-0.1, -0.05) is 18.2 Å². The molecular weight excluding hydrogens is 488 g/mol. The Labute approximate surface area is 199 Å². The zero-order valence-corrected chi connectivity index (χ0v) is 19.5. The maximum Gasteiger partial charge on any atom is 0.271 e. The normalized spacial score (nSPS) is 15.8. The van der Waals surface area contributed by atoms with Gasteiger partial charge in [-0.2, -0.15) is 0 Å². The molecule has 172 valence electrons. The molecule has 0 radical (unpaired) electrons. The van der Waals surface area contributed by atoms with Crippen molar-refractivity contribution in [3.63, 3.8) is 0 Å². The number of rotatable bonds is 8. The maximum atomic E-state index is 12.9. The lowest BCUT2D eigenvalue weighted by molar-refractivity contribution is -0.122. The predicted octanol–water partition coefficient (Wildman–Crippen LogP) is 3.08. The number of halogens is 1. The molecule has 2 aromatic heterocycles. The molecule has 10 heteroatoms. The van der Waals surface area contributed by atoms with E-state index in [2.05, 4.69) is 41.4 Å². The summed E-state index contributed by atoms with van der Waals surface area (Å²) in [6.45, 7) is 2.16. The highest BCUT2D eigenvalue weighted by Gasteiger charge is 2.25. The summed E-state index contributed by atoms with van der Waals surface area (Å²) < 4.78 is 5.79. The van der Waals surface area contributed by atoms with E-state index >= 15 is 0 Å². The van der Waals surface area contributed by atoms with Crippen LogP contribution in [0.2, 0.25) is 0 Å². The van der Waals surface area contributed by atoms with Gasteiger partial charge in [-0.15, -0.1) is 0 Å². The number of piperidine rings is 1. The largest absolute Gasteiger partial charge is 0.467 e. The number of hydrogen-bond donors (Lipinski definition) is 3. The van der Waals surface area contributed by atoms with Gasteiger partial charge in [0.15, 0.2) is 0 Å². The van der Waals surface area contributed by atoms with Crippen LogP contribution in [0.3, 0.4) is 0 Å². The Morgan fingerprint density at radius 1 is 1.21 bits per heavy atom. The summed E-state index contributed by atoms with van der Waals surface area (Å²) in [7, 11) is 0. The number of hydrogen-bond acceptors (Lipinski definition) is 7. The van der Waals surface area contributed by atoms with Crippen LogP contribution in [-0.4, -0.2) is 34.9 Å². The molecule has 4 rings (SSSR count). The number of nitrogens with zero attached hydrogens (tertiary/aromatic N) is 3. The van der Waals surface area contributed by atoms with E-state index in [1.165, 1.54) is 6.20 Å². The van der Waals surface area contributed by atoms with Gasteiger partial charge in [-0.25, -0.2) is 9.97 Å². The van der Waals surface area contributed by atoms with E-state index in [1.54, 1.807) is 12.3 Å². The predicted molar refractivity (Wildman–Crippen MR) is 128 cm³/mol. The van der Waals surface area contributed by atoms with Gasteiger partial charge < -0.3 is 25.7 Å². The van der Waals surface area contributed by atoms with Crippen molar-refractivity contribution < 1.29 is 14.0 Å². The van der Waals surface area contributed by atoms with Gasteiger partial charge in [0, 0.05) is 31.5 Å². The van der Waals surface area contributed by atoms with Gasteiger partial charge >= 0.3 is 0 Å². The van der Waals surface area contributed by atoms with Crippen molar-refractivity contribution in [2.24, 2.45) is 11.7 Å². The minimum Gasteiger partial charge on any atom is -0.467 e. The number of primary amides is 1. The molecule has 0 bridgehead atoms. The molecular formula is C23H25BrN6O3. The first-order valence-electron chi connectivity index (χ1n) is 10.7. The quantitative estimate of drug-likeness (QED) is 0.423. The highest BCUT2D eigenvalue weighted by atomic mass is 79.9. The molecule has 1 atom stereocenters. The molecule has 1 aromatic carbocycles. The molecule has 33 heavy (non-hydrogen) atoms. The standard InChI is InChI=1S/C23H25BrN6O3/c24-18-13-28-23(27-12-17-7-4-10-33-17)29-20(18)22(32)26-11-15-5-1-2-8-19(15)30-9-3-6-16(14-30)21(25)31/h1-2,4-5,7-8,10,13,16H,3,6,9,11-12,14H2,(H2,25,31)(H,26,32)(H,27,28,29). The second-order valence-corrected chi connectivity index (χ2v) is 8.68. The molecule has 3 heterocycles. The SMILES string of the molecule is NC(=O)C1CCCN(c2ccccc2CNC(=O)c2nc(NCc3ccco3)ncc2Br)C1. The summed E-state index contributed by atoms with van der Waals surface area (Å²) in [6.07, 6.45) is 4.84. The van der Waals surface area contributed by atoms with Gasteiger partial charge in [0.2, 0.25) is 11.9 Å². The molecule has 4 N–H and O–H groups in total. The van der Waals surface area contributed by atoms with E-state index in [1.807, 2.05) is 30.3 Å². The maximum absolute atomic E-state index is 12.9. The monoisotopic (exact) mass is 512 g/mol. The van der Waals surface area contributed by atoms with Gasteiger partial charge in [-0.05, 0) is 52.5 Å². The molecule has 9 nitrogen and oxygen atoms in total. The Morgan fingerprint density at radius 2 is 2.06 bits per heavy atom. The van der Waals surface area contributed by atoms with Crippen LogP contribution in [0.5, 0.6) is 0 Å². The Kier molecular flexibility index (Phi) is 7.23. The third-order valence-corrected chi connectivity index (χ3v) is 6.14. The summed E-state index contributed by atoms with van der Waals surface area (Å²) in [6, 6.07) is 11.5. The third-order valence-electron chi connectivity index (χ3n) is 5.56. The first kappa shape index (κ1) is 22.8. The van der Waals surface area contributed by atoms with Crippen LogP contribution >= 0.6 is 15.9 Å². The van der Waals surface area contributed by atoms with Crippen LogP contribution in [0, 0.1) is 5.92 Å². The van der Waals surface area contributed by atoms with E-state index in [0.29, 0.717) is 30.1 Å². The Bertz CT molecular complexity index is 1120. The smallest absolute Gasteiger partial charge is 0.271 e. The molecule has 0 spiro atoms. The van der Waals surface area contributed by atoms with Gasteiger partial charge in [0.1, 0.15) is 11.5 Å². The zero-order valence-electron chi connectivity index (χ0n) is 18.0. The summed E-state index contributed by atoms with van der Waals surface area (Å²) in [5.74, 6) is 0.307. The number of amides is 2. The van der Waals surface area contributed by atoms with Gasteiger partial charge in [-0.3, -0.25) is 9.59 Å². The summed E-state index contributed by atoms with van der Waals surface area (Å²) >= 11 is 3.36. The van der Waals surface area contributed by atoms with Crippen molar-refractivity contribution in [1.29, 1.82) is 0 Å². The Morgan fingerprint density at radius 3 is 2.85 bits per heavy atom. The topological polar surface area (TPSA) is 126 Å². The van der Waals surface area contributed by atoms with Crippen LogP contribution in [0.1, 0.15) is 34.7 Å². The van der Waals surface area contributed by atoms with Crippen LogP contribution in [0.4, 0.5) is 11.6 Å². The number of carbonyl (C=O) groups excluding carboxylic acids is 2. The first-order valence-corrected chi connectivity index (χ1v) is 11.5. The number of anilines is 2. The summed E-state index contributed by atoms with van der Waals surface area (Å²) in [4.78, 5) is 35.3. The highest BCUT2D eigenvalue weighted by molar-refractivity contribution is 9.10. The fraction of sp³-hybridized carbons (Fsp3) is 0.304. The minimum atomic E-state index is -0.325. The molecule has 1 aliphatic heterocycles. The first-order chi connectivity index (χ1) is 16.0. The molecule has 3 aromatic rings. The number of furan rings is 1. The molecule has 2 amide bonds. The van der Waals surface area contributed by atoms with Crippen LogP contribution in [0.25, 0.3) is 0 Å². The van der Waals surface area contributed by atoms with E-state index < -0.39 is 0 Å². The molecule has 1 aliphatic rings. The number of nitrogens with one attached hydrogen (secondary N) is 2. The lowest BCUT2D eigenvalue weighted by atomic mass is 9.96. The summed E-state index contributed by atoms with van der Waals surface area (Å²) in [5.41, 5.74) is 7.71. The number of aromatic nitrogens is 2. The lowest BCUT2D eigenvalue weighted by Gasteiger charge is -2.34. The van der Waals surface area contributed by atoms with Crippen LogP contribution in [0.15, 0.2) is 57.7 Å². The minimum absolute atomic E-state index is 0.162. The fourth-order valence-electron chi connectivity index (χ4n) is 3.85. The average Bonchev–Trinajstić information content (AvgIpc) is 3.36. The van der Waals surface area contributed by atoms with E-state index in [9.17, 15) is 9.59 Å². The zero-order chi connectivity index (χ0) is 23.2. The molecule has 1 fully saturated rings. The van der Waals surface area contributed by atoms with Crippen molar-refractivity contribution in [3.8, 4) is 0 Å². The summed E-state index contributed by atoms with van der Waals surface area (Å²) in [5, 5.41) is 5.99. The third kappa shape index (κ3) is 5.70. The van der Waals surface area contributed by atoms with Crippen molar-refractivity contribution >= 4 is 39.4 Å². The number of nitrogens with two attached hydrogens (primary N) is 1. The molecule has 0 saturated carbocycles. The Hall–Kier alpha value is -3.40. The highest BCUT2D eigenvalue weighted by Crippen LogP contribution is 2.26. The van der Waals surface area contributed by atoms with E-state index in [0.717, 1.165) is 36.4 Å². The second kappa shape index (κ2) is 10.5. The van der Waals surface area contributed by atoms with E-state index in [-0.39, 0.29) is 23.4 Å². The van der Waals surface area contributed by atoms with Gasteiger partial charge in [0.05, 0.1) is 23.2 Å². The number of carbonyl (C=O) groups is 2. The van der Waals surface area contributed by atoms with Crippen molar-refractivity contribution in [2.75, 3.05) is 23.3 Å². The van der Waals surface area contributed by atoms with Gasteiger partial charge in [0.25, 0.3) is 5.91 Å². The second-order valence-electron chi connectivity index (χ2n) is 7.82. The molecule has 0 aliphatic carbocycles. The van der Waals surface area contributed by atoms with E-state index in [4.69, 9.17) is 10.2 Å². The number of para-hydroxylation sites is 1. The van der Waals surface area contributed by atoms with Crippen molar-refractivity contribution in [1.82, 2.24) is 15.3 Å². The van der Waals surface area contributed by atoms with Crippen molar-refractivity contribution in [2.45, 2.75) is 25.9 Å². The molecule has 1 unspecified atom stereocenters. The fourth-order valence-corrected chi connectivity index (χ4v) is 4.22. The molecule has 1 saturated heterocycles.